The summed E-state index contributed by atoms with van der Waals surface area (Å²) in [5.41, 5.74) is 3.98. The molecule has 0 aliphatic rings. The van der Waals surface area contributed by atoms with E-state index >= 15 is 0 Å². The van der Waals surface area contributed by atoms with Gasteiger partial charge in [0.15, 0.2) is 0 Å². The van der Waals surface area contributed by atoms with Crippen LogP contribution in [-0.4, -0.2) is 5.88 Å². The molecule has 1 atom stereocenters. The Balaban J connectivity index is 2.17. The minimum Gasteiger partial charge on any atom is -0.126 e. The van der Waals surface area contributed by atoms with E-state index < -0.39 is 0 Å². The molecular weight excluding hydrogens is 228 g/mol. The summed E-state index contributed by atoms with van der Waals surface area (Å²) in [5, 5.41) is 0. The van der Waals surface area contributed by atoms with Crippen LogP contribution in [0.1, 0.15) is 22.6 Å². The molecule has 0 nitrogen and oxygen atoms in total. The van der Waals surface area contributed by atoms with Crippen molar-refractivity contribution in [2.75, 3.05) is 5.88 Å². The molecule has 0 amide bonds. The van der Waals surface area contributed by atoms with Gasteiger partial charge in [0.2, 0.25) is 0 Å². The van der Waals surface area contributed by atoms with Crippen LogP contribution in [0.3, 0.4) is 0 Å². The first-order valence-corrected chi connectivity index (χ1v) is 6.49. The summed E-state index contributed by atoms with van der Waals surface area (Å²) in [6, 6.07) is 19.2. The molecule has 2 rings (SSSR count). The number of hydrogen-bond donors (Lipinski definition) is 0. The average molecular weight is 245 g/mol. The molecule has 1 unspecified atom stereocenters. The van der Waals surface area contributed by atoms with Gasteiger partial charge in [-0.15, -0.1) is 11.6 Å². The highest BCUT2D eigenvalue weighted by atomic mass is 35.5. The van der Waals surface area contributed by atoms with Gasteiger partial charge in [0.1, 0.15) is 0 Å². The highest BCUT2D eigenvalue weighted by Gasteiger charge is 2.11. The summed E-state index contributed by atoms with van der Waals surface area (Å²) in [6.07, 6.45) is 1.01. The number of benzene rings is 2. The highest BCUT2D eigenvalue weighted by molar-refractivity contribution is 6.18. The molecule has 0 N–H and O–H groups in total. The summed E-state index contributed by atoms with van der Waals surface area (Å²) < 4.78 is 0. The molecule has 0 radical (unpaired) electrons. The molecule has 2 aromatic rings. The van der Waals surface area contributed by atoms with Gasteiger partial charge in [-0.3, -0.25) is 0 Å². The molecule has 0 saturated heterocycles. The lowest BCUT2D eigenvalue weighted by molar-refractivity contribution is 0.765. The van der Waals surface area contributed by atoms with E-state index in [0.29, 0.717) is 11.8 Å². The quantitative estimate of drug-likeness (QED) is 0.692. The first kappa shape index (κ1) is 12.2. The Hall–Kier alpha value is -1.27. The highest BCUT2D eigenvalue weighted by Crippen LogP contribution is 2.23. The third kappa shape index (κ3) is 3.34. The minimum atomic E-state index is 0.402. The predicted octanol–water partition coefficient (Wildman–Crippen LogP) is 4.56. The Morgan fingerprint density at radius 3 is 2.41 bits per heavy atom. The Kier molecular flexibility index (Phi) is 4.22. The maximum absolute atomic E-state index is 6.10. The lowest BCUT2D eigenvalue weighted by Gasteiger charge is -2.15. The number of rotatable bonds is 4. The fourth-order valence-corrected chi connectivity index (χ4v) is 2.37. The molecule has 2 aromatic carbocycles. The van der Waals surface area contributed by atoms with Crippen LogP contribution in [0.4, 0.5) is 0 Å². The van der Waals surface area contributed by atoms with Gasteiger partial charge in [0.05, 0.1) is 0 Å². The summed E-state index contributed by atoms with van der Waals surface area (Å²) in [7, 11) is 0. The van der Waals surface area contributed by atoms with Crippen molar-refractivity contribution in [2.24, 2.45) is 0 Å². The Labute approximate surface area is 108 Å². The molecule has 0 saturated carbocycles. The first-order valence-electron chi connectivity index (χ1n) is 5.96. The Bertz CT molecular complexity index is 462. The fraction of sp³-hybridized carbons (Fsp3) is 0.250. The van der Waals surface area contributed by atoms with Crippen LogP contribution in [0.15, 0.2) is 54.6 Å². The zero-order valence-electron chi connectivity index (χ0n) is 10.1. The van der Waals surface area contributed by atoms with E-state index in [1.807, 2.05) is 6.07 Å². The molecule has 88 valence electrons. The second kappa shape index (κ2) is 5.88. The van der Waals surface area contributed by atoms with Gasteiger partial charge in [0.25, 0.3) is 0 Å². The fourth-order valence-electron chi connectivity index (χ4n) is 2.08. The van der Waals surface area contributed by atoms with Crippen LogP contribution >= 0.6 is 11.6 Å². The number of hydrogen-bond acceptors (Lipinski definition) is 0. The van der Waals surface area contributed by atoms with Crippen molar-refractivity contribution >= 4 is 11.6 Å². The number of halogens is 1. The third-order valence-electron chi connectivity index (χ3n) is 3.02. The normalized spacial score (nSPS) is 12.4. The maximum Gasteiger partial charge on any atom is 0.0295 e. The zero-order valence-corrected chi connectivity index (χ0v) is 10.8. The second-order valence-corrected chi connectivity index (χ2v) is 4.76. The minimum absolute atomic E-state index is 0.402. The first-order chi connectivity index (χ1) is 8.29. The summed E-state index contributed by atoms with van der Waals surface area (Å²) in [4.78, 5) is 0. The second-order valence-electron chi connectivity index (χ2n) is 4.46. The molecule has 17 heavy (non-hydrogen) atoms. The number of alkyl halides is 1. The van der Waals surface area contributed by atoms with Crippen LogP contribution in [0.25, 0.3) is 0 Å². The summed E-state index contributed by atoms with van der Waals surface area (Å²) in [5.74, 6) is 1.07. The Morgan fingerprint density at radius 1 is 1.00 bits per heavy atom. The van der Waals surface area contributed by atoms with Gasteiger partial charge in [-0.1, -0.05) is 60.2 Å². The van der Waals surface area contributed by atoms with Crippen LogP contribution in [0.5, 0.6) is 0 Å². The van der Waals surface area contributed by atoms with Gasteiger partial charge >= 0.3 is 0 Å². The molecule has 0 aromatic heterocycles. The standard InChI is InChI=1S/C16H17Cl/c1-13-6-5-9-15(10-13)16(12-17)11-14-7-3-2-4-8-14/h2-10,16H,11-12H2,1H3. The Morgan fingerprint density at radius 2 is 1.76 bits per heavy atom. The van der Waals surface area contributed by atoms with Gasteiger partial charge in [-0.2, -0.15) is 0 Å². The van der Waals surface area contributed by atoms with Gasteiger partial charge in [-0.25, -0.2) is 0 Å². The van der Waals surface area contributed by atoms with Crippen LogP contribution in [0, 0.1) is 6.92 Å². The average Bonchev–Trinajstić information content (AvgIpc) is 2.37. The largest absolute Gasteiger partial charge is 0.126 e. The van der Waals surface area contributed by atoms with Crippen LogP contribution < -0.4 is 0 Å². The van der Waals surface area contributed by atoms with Crippen molar-refractivity contribution in [3.05, 3.63) is 71.3 Å². The van der Waals surface area contributed by atoms with Gasteiger partial charge in [-0.05, 0) is 24.5 Å². The topological polar surface area (TPSA) is 0 Å². The van der Waals surface area contributed by atoms with E-state index in [9.17, 15) is 0 Å². The van der Waals surface area contributed by atoms with E-state index in [-0.39, 0.29) is 0 Å². The number of aryl methyl sites for hydroxylation is 1. The van der Waals surface area contributed by atoms with Crippen molar-refractivity contribution in [2.45, 2.75) is 19.3 Å². The molecule has 0 aliphatic carbocycles. The third-order valence-corrected chi connectivity index (χ3v) is 3.40. The summed E-state index contributed by atoms with van der Waals surface area (Å²) in [6.45, 7) is 2.12. The summed E-state index contributed by atoms with van der Waals surface area (Å²) >= 11 is 6.10. The lowest BCUT2D eigenvalue weighted by atomic mass is 9.93. The predicted molar refractivity (Wildman–Crippen MR) is 74.8 cm³/mol. The van der Waals surface area contributed by atoms with Crippen molar-refractivity contribution in [1.82, 2.24) is 0 Å². The van der Waals surface area contributed by atoms with E-state index in [2.05, 4.69) is 55.5 Å². The van der Waals surface area contributed by atoms with Crippen LogP contribution in [-0.2, 0) is 6.42 Å². The molecule has 0 bridgehead atoms. The monoisotopic (exact) mass is 244 g/mol. The van der Waals surface area contributed by atoms with E-state index in [4.69, 9.17) is 11.6 Å². The molecule has 0 aliphatic heterocycles. The molecule has 0 fully saturated rings. The van der Waals surface area contributed by atoms with E-state index in [1.54, 1.807) is 0 Å². The van der Waals surface area contributed by atoms with Crippen LogP contribution in [0.2, 0.25) is 0 Å². The molecular formula is C16H17Cl. The van der Waals surface area contributed by atoms with Gasteiger partial charge < -0.3 is 0 Å². The van der Waals surface area contributed by atoms with E-state index in [1.165, 1.54) is 16.7 Å². The van der Waals surface area contributed by atoms with E-state index in [0.717, 1.165) is 6.42 Å². The molecule has 0 heterocycles. The molecule has 0 spiro atoms. The lowest BCUT2D eigenvalue weighted by Crippen LogP contribution is -2.04. The maximum atomic E-state index is 6.10. The van der Waals surface area contributed by atoms with Crippen molar-refractivity contribution in [1.29, 1.82) is 0 Å². The zero-order chi connectivity index (χ0) is 12.1. The van der Waals surface area contributed by atoms with Gasteiger partial charge in [0, 0.05) is 11.8 Å². The smallest absolute Gasteiger partial charge is 0.0295 e. The van der Waals surface area contributed by atoms with Crippen molar-refractivity contribution in [3.8, 4) is 0 Å². The van der Waals surface area contributed by atoms with Crippen molar-refractivity contribution < 1.29 is 0 Å². The SMILES string of the molecule is Cc1cccc(C(CCl)Cc2ccccc2)c1. The molecule has 1 heteroatoms. The van der Waals surface area contributed by atoms with Crippen molar-refractivity contribution in [3.63, 3.8) is 0 Å².